The van der Waals surface area contributed by atoms with Crippen LogP contribution in [-0.2, 0) is 4.79 Å². The van der Waals surface area contributed by atoms with Gasteiger partial charge in [0.1, 0.15) is 5.82 Å². The number of amides is 1. The van der Waals surface area contributed by atoms with Crippen molar-refractivity contribution in [2.45, 2.75) is 55.0 Å². The number of anilines is 2. The minimum Gasteiger partial charge on any atom is -0.378 e. The zero-order valence-electron chi connectivity index (χ0n) is 15.5. The highest BCUT2D eigenvalue weighted by atomic mass is 32.2. The van der Waals surface area contributed by atoms with Crippen molar-refractivity contribution in [3.63, 3.8) is 0 Å². The predicted octanol–water partition coefficient (Wildman–Crippen LogP) is 3.68. The van der Waals surface area contributed by atoms with E-state index in [-0.39, 0.29) is 11.2 Å². The number of carbonyl (C=O) groups is 1. The molecule has 0 spiro atoms. The predicted molar refractivity (Wildman–Crippen MR) is 105 cm³/mol. The summed E-state index contributed by atoms with van der Waals surface area (Å²) in [5, 5.41) is 12.5. The number of nitrogens with zero attached hydrogens (tertiary/aromatic N) is 4. The van der Waals surface area contributed by atoms with E-state index in [1.165, 1.54) is 37.4 Å². The van der Waals surface area contributed by atoms with Crippen LogP contribution in [0.25, 0.3) is 0 Å². The molecule has 0 saturated heterocycles. The molecule has 2 aliphatic rings. The van der Waals surface area contributed by atoms with E-state index in [1.54, 1.807) is 0 Å². The number of rotatable bonds is 7. The molecule has 26 heavy (non-hydrogen) atoms. The largest absolute Gasteiger partial charge is 0.378 e. The lowest BCUT2D eigenvalue weighted by atomic mass is 10.2. The third-order valence-corrected chi connectivity index (χ3v) is 5.90. The Balaban J connectivity index is 1.41. The van der Waals surface area contributed by atoms with Crippen molar-refractivity contribution in [1.82, 2.24) is 14.8 Å². The first-order chi connectivity index (χ1) is 12.5. The lowest BCUT2D eigenvalue weighted by molar-refractivity contribution is -0.115. The number of carbonyl (C=O) groups excluding carboxylic acids is 1. The first kappa shape index (κ1) is 17.4. The van der Waals surface area contributed by atoms with Crippen LogP contribution in [0.15, 0.2) is 29.4 Å². The molecule has 0 radical (unpaired) electrons. The monoisotopic (exact) mass is 371 g/mol. The molecule has 1 amide bonds. The number of thioether (sulfide) groups is 1. The zero-order chi connectivity index (χ0) is 18.3. The van der Waals surface area contributed by atoms with Gasteiger partial charge in [-0.15, -0.1) is 10.2 Å². The topological polar surface area (TPSA) is 63.1 Å². The van der Waals surface area contributed by atoms with E-state index in [0.717, 1.165) is 22.4 Å². The van der Waals surface area contributed by atoms with Crippen LogP contribution in [0.1, 0.15) is 50.4 Å². The van der Waals surface area contributed by atoms with Crippen molar-refractivity contribution in [1.29, 1.82) is 0 Å². The van der Waals surface area contributed by atoms with Crippen molar-refractivity contribution in [2.24, 2.45) is 0 Å². The highest BCUT2D eigenvalue weighted by molar-refractivity contribution is 8.00. The van der Waals surface area contributed by atoms with Crippen LogP contribution in [0, 0.1) is 0 Å². The SMILES string of the molecule is CC(Sc1nnc(C2CC2)n1C1CC1)C(=O)Nc1ccc(N(C)C)cc1. The van der Waals surface area contributed by atoms with Gasteiger partial charge in [0.25, 0.3) is 0 Å². The molecule has 0 aliphatic heterocycles. The van der Waals surface area contributed by atoms with Crippen LogP contribution in [0.5, 0.6) is 0 Å². The number of aromatic nitrogens is 3. The van der Waals surface area contributed by atoms with E-state index >= 15 is 0 Å². The Bertz CT molecular complexity index is 793. The second-order valence-electron chi connectivity index (χ2n) is 7.41. The van der Waals surface area contributed by atoms with Gasteiger partial charge in [-0.3, -0.25) is 4.79 Å². The third kappa shape index (κ3) is 3.72. The van der Waals surface area contributed by atoms with Gasteiger partial charge in [0.05, 0.1) is 5.25 Å². The normalized spacial score (nSPS) is 17.8. The minimum atomic E-state index is -0.225. The quantitative estimate of drug-likeness (QED) is 0.752. The molecule has 2 aliphatic carbocycles. The van der Waals surface area contributed by atoms with Gasteiger partial charge in [-0.1, -0.05) is 11.8 Å². The van der Waals surface area contributed by atoms with E-state index in [2.05, 4.69) is 20.1 Å². The Hall–Kier alpha value is -2.02. The van der Waals surface area contributed by atoms with Gasteiger partial charge in [0.2, 0.25) is 5.91 Å². The second kappa shape index (κ2) is 6.95. The summed E-state index contributed by atoms with van der Waals surface area (Å²) < 4.78 is 2.29. The van der Waals surface area contributed by atoms with Crippen molar-refractivity contribution in [3.05, 3.63) is 30.1 Å². The van der Waals surface area contributed by atoms with E-state index in [0.29, 0.717) is 12.0 Å². The lowest BCUT2D eigenvalue weighted by Gasteiger charge is -2.15. The summed E-state index contributed by atoms with van der Waals surface area (Å²) in [6, 6.07) is 8.40. The van der Waals surface area contributed by atoms with Crippen LogP contribution in [-0.4, -0.2) is 40.0 Å². The molecule has 1 unspecified atom stereocenters. The van der Waals surface area contributed by atoms with Crippen LogP contribution in [0.3, 0.4) is 0 Å². The number of hydrogen-bond acceptors (Lipinski definition) is 5. The van der Waals surface area contributed by atoms with Crippen LogP contribution >= 0.6 is 11.8 Å². The van der Waals surface area contributed by atoms with Crippen LogP contribution in [0.2, 0.25) is 0 Å². The fourth-order valence-corrected chi connectivity index (χ4v) is 3.89. The van der Waals surface area contributed by atoms with Gasteiger partial charge in [0, 0.05) is 37.4 Å². The molecule has 6 nitrogen and oxygen atoms in total. The molecule has 1 aromatic heterocycles. The Kier molecular flexibility index (Phi) is 4.65. The molecule has 2 fully saturated rings. The van der Waals surface area contributed by atoms with Crippen LogP contribution < -0.4 is 10.2 Å². The molecular weight excluding hydrogens is 346 g/mol. The summed E-state index contributed by atoms with van der Waals surface area (Å²) in [5.74, 6) is 1.70. The van der Waals surface area contributed by atoms with Gasteiger partial charge >= 0.3 is 0 Å². The number of hydrogen-bond donors (Lipinski definition) is 1. The highest BCUT2D eigenvalue weighted by Crippen LogP contribution is 2.46. The smallest absolute Gasteiger partial charge is 0.237 e. The molecule has 1 N–H and O–H groups in total. The molecule has 1 aromatic carbocycles. The maximum absolute atomic E-state index is 12.6. The molecule has 0 bridgehead atoms. The molecule has 2 aromatic rings. The fraction of sp³-hybridized carbons (Fsp3) is 0.526. The van der Waals surface area contributed by atoms with Crippen molar-refractivity contribution in [2.75, 3.05) is 24.3 Å². The summed E-state index contributed by atoms with van der Waals surface area (Å²) in [6.45, 7) is 1.93. The van der Waals surface area contributed by atoms with Crippen molar-refractivity contribution >= 4 is 29.0 Å². The molecule has 4 rings (SSSR count). The summed E-state index contributed by atoms with van der Waals surface area (Å²) in [6.07, 6.45) is 4.83. The number of nitrogens with one attached hydrogen (secondary N) is 1. The average Bonchev–Trinajstić information content (AvgIpc) is 3.54. The zero-order valence-corrected chi connectivity index (χ0v) is 16.3. The van der Waals surface area contributed by atoms with E-state index in [4.69, 9.17) is 0 Å². The third-order valence-electron chi connectivity index (χ3n) is 4.85. The first-order valence-corrected chi connectivity index (χ1v) is 10.1. The molecule has 7 heteroatoms. The van der Waals surface area contributed by atoms with Crippen molar-refractivity contribution in [3.8, 4) is 0 Å². The van der Waals surface area contributed by atoms with E-state index in [9.17, 15) is 4.79 Å². The highest BCUT2D eigenvalue weighted by Gasteiger charge is 2.37. The first-order valence-electron chi connectivity index (χ1n) is 9.22. The van der Waals surface area contributed by atoms with E-state index in [1.807, 2.05) is 50.2 Å². The maximum atomic E-state index is 12.6. The summed E-state index contributed by atoms with van der Waals surface area (Å²) in [7, 11) is 4.00. The lowest BCUT2D eigenvalue weighted by Crippen LogP contribution is -2.23. The second-order valence-corrected chi connectivity index (χ2v) is 8.71. The molecule has 138 valence electrons. The Morgan fingerprint density at radius 3 is 2.46 bits per heavy atom. The molecular formula is C19H25N5OS. The number of benzene rings is 1. The summed E-state index contributed by atoms with van der Waals surface area (Å²) >= 11 is 1.51. The van der Waals surface area contributed by atoms with Gasteiger partial charge in [-0.2, -0.15) is 0 Å². The summed E-state index contributed by atoms with van der Waals surface area (Å²) in [4.78, 5) is 14.6. The summed E-state index contributed by atoms with van der Waals surface area (Å²) in [5.41, 5.74) is 1.92. The van der Waals surface area contributed by atoms with E-state index < -0.39 is 0 Å². The van der Waals surface area contributed by atoms with Gasteiger partial charge < -0.3 is 14.8 Å². The molecule has 2 saturated carbocycles. The van der Waals surface area contributed by atoms with Crippen LogP contribution in [0.4, 0.5) is 11.4 Å². The Morgan fingerprint density at radius 1 is 1.19 bits per heavy atom. The Morgan fingerprint density at radius 2 is 1.88 bits per heavy atom. The minimum absolute atomic E-state index is 0.00841. The van der Waals surface area contributed by atoms with Gasteiger partial charge in [0.15, 0.2) is 5.16 Å². The molecule has 1 heterocycles. The van der Waals surface area contributed by atoms with Crippen molar-refractivity contribution < 1.29 is 4.79 Å². The van der Waals surface area contributed by atoms with Gasteiger partial charge in [-0.05, 0) is 56.9 Å². The standard InChI is InChI=1S/C19H25N5OS/c1-12(18(25)20-14-6-8-15(9-7-14)23(2)3)26-19-22-21-17(13-4-5-13)24(19)16-10-11-16/h6-9,12-13,16H,4-5,10-11H2,1-3H3,(H,20,25). The average molecular weight is 372 g/mol. The molecule has 1 atom stereocenters. The van der Waals surface area contributed by atoms with Gasteiger partial charge in [-0.25, -0.2) is 0 Å². The fourth-order valence-electron chi connectivity index (χ4n) is 2.96. The Labute approximate surface area is 158 Å². The maximum Gasteiger partial charge on any atom is 0.237 e.